The first-order chi connectivity index (χ1) is 12.0. The van der Waals surface area contributed by atoms with Crippen LogP contribution < -0.4 is 5.32 Å². The van der Waals surface area contributed by atoms with E-state index in [0.29, 0.717) is 27.0 Å². The maximum absolute atomic E-state index is 12.5. The molecule has 0 saturated heterocycles. The summed E-state index contributed by atoms with van der Waals surface area (Å²) in [6, 6.07) is 9.55. The van der Waals surface area contributed by atoms with Gasteiger partial charge in [-0.3, -0.25) is 10.1 Å². The van der Waals surface area contributed by atoms with Crippen molar-refractivity contribution in [2.45, 2.75) is 13.8 Å². The maximum atomic E-state index is 12.5. The van der Waals surface area contributed by atoms with E-state index in [1.54, 1.807) is 11.6 Å². The topological polar surface area (TPSA) is 86.1 Å². The van der Waals surface area contributed by atoms with E-state index in [4.69, 9.17) is 4.74 Å². The lowest BCUT2D eigenvalue weighted by Gasteiger charge is -2.05. The number of aromatic nitrogens is 3. The molecule has 0 unspecified atom stereocenters. The highest BCUT2D eigenvalue weighted by atomic mass is 32.1. The molecule has 0 aliphatic carbocycles. The number of esters is 1. The second kappa shape index (κ2) is 6.86. The van der Waals surface area contributed by atoms with Crippen molar-refractivity contribution in [2.75, 3.05) is 12.4 Å². The summed E-state index contributed by atoms with van der Waals surface area (Å²) in [5.74, 6) is -0.798. The van der Waals surface area contributed by atoms with E-state index >= 15 is 0 Å². The van der Waals surface area contributed by atoms with Crippen LogP contribution in [0, 0.1) is 13.8 Å². The van der Waals surface area contributed by atoms with E-state index < -0.39 is 5.97 Å². The Bertz CT molecular complexity index is 931. The van der Waals surface area contributed by atoms with Crippen molar-refractivity contribution in [3.8, 4) is 5.69 Å². The zero-order chi connectivity index (χ0) is 18.0. The molecule has 3 rings (SSSR count). The number of ether oxygens (including phenoxy) is 1. The number of anilines is 1. The number of carbonyl (C=O) groups is 2. The van der Waals surface area contributed by atoms with Gasteiger partial charge in [0.25, 0.3) is 5.91 Å². The Morgan fingerprint density at radius 2 is 1.92 bits per heavy atom. The lowest BCUT2D eigenvalue weighted by Crippen LogP contribution is -2.13. The van der Waals surface area contributed by atoms with Crippen molar-refractivity contribution in [3.63, 3.8) is 0 Å². The number of benzene rings is 1. The highest BCUT2D eigenvalue weighted by molar-refractivity contribution is 7.17. The maximum Gasteiger partial charge on any atom is 0.350 e. The third kappa shape index (κ3) is 3.29. The molecule has 0 atom stereocenters. The van der Waals surface area contributed by atoms with E-state index in [9.17, 15) is 9.59 Å². The van der Waals surface area contributed by atoms with Crippen LogP contribution in [-0.2, 0) is 4.74 Å². The minimum absolute atomic E-state index is 0.329. The van der Waals surface area contributed by atoms with Crippen molar-refractivity contribution in [1.82, 2.24) is 14.8 Å². The van der Waals surface area contributed by atoms with E-state index in [2.05, 4.69) is 15.4 Å². The summed E-state index contributed by atoms with van der Waals surface area (Å²) in [6.07, 6.45) is 1.51. The Morgan fingerprint density at radius 1 is 1.20 bits per heavy atom. The molecule has 25 heavy (non-hydrogen) atoms. The zero-order valence-electron chi connectivity index (χ0n) is 13.9. The first-order valence-corrected chi connectivity index (χ1v) is 8.30. The van der Waals surface area contributed by atoms with E-state index in [1.807, 2.05) is 37.3 Å². The fourth-order valence-corrected chi connectivity index (χ4v) is 3.24. The minimum atomic E-state index is -0.469. The number of methoxy groups -OCH3 is 1. The van der Waals surface area contributed by atoms with Gasteiger partial charge in [0.2, 0.25) is 0 Å². The fourth-order valence-electron chi connectivity index (χ4n) is 2.36. The Hall–Kier alpha value is -3.00. The molecule has 0 aliphatic heterocycles. The molecule has 128 valence electrons. The number of hydrogen-bond acceptors (Lipinski definition) is 6. The predicted molar refractivity (Wildman–Crippen MR) is 94.4 cm³/mol. The van der Waals surface area contributed by atoms with Crippen molar-refractivity contribution < 1.29 is 14.3 Å². The molecule has 8 heteroatoms. The Labute approximate surface area is 148 Å². The van der Waals surface area contributed by atoms with Crippen molar-refractivity contribution in [3.05, 3.63) is 58.4 Å². The second-order valence-corrected chi connectivity index (χ2v) is 6.27. The molecular formula is C17H16N4O3S. The van der Waals surface area contributed by atoms with Crippen molar-refractivity contribution in [1.29, 1.82) is 0 Å². The van der Waals surface area contributed by atoms with E-state index in [1.165, 1.54) is 13.3 Å². The quantitative estimate of drug-likeness (QED) is 0.726. The number of hydrogen-bond donors (Lipinski definition) is 1. The first-order valence-electron chi connectivity index (χ1n) is 7.48. The Balaban J connectivity index is 1.83. The molecule has 0 spiro atoms. The molecule has 0 saturated carbocycles. The van der Waals surface area contributed by atoms with Gasteiger partial charge in [0.1, 0.15) is 4.88 Å². The smallest absolute Gasteiger partial charge is 0.350 e. The lowest BCUT2D eigenvalue weighted by atomic mass is 10.2. The summed E-state index contributed by atoms with van der Waals surface area (Å²) in [5, 5.41) is 7.33. The van der Waals surface area contributed by atoms with Crippen LogP contribution in [0.2, 0.25) is 0 Å². The number of nitrogens with zero attached hydrogens (tertiary/aromatic N) is 3. The van der Waals surface area contributed by atoms with Gasteiger partial charge in [0.05, 0.1) is 35.9 Å². The van der Waals surface area contributed by atoms with Gasteiger partial charge in [-0.25, -0.2) is 14.5 Å². The first kappa shape index (κ1) is 16.8. The Morgan fingerprint density at radius 3 is 2.60 bits per heavy atom. The largest absolute Gasteiger partial charge is 0.465 e. The predicted octanol–water partition coefficient (Wildman–Crippen LogP) is 2.98. The monoisotopic (exact) mass is 356 g/mol. The molecule has 2 aromatic heterocycles. The highest BCUT2D eigenvalue weighted by Gasteiger charge is 2.20. The second-order valence-electron chi connectivity index (χ2n) is 5.27. The number of rotatable bonds is 4. The van der Waals surface area contributed by atoms with Crippen LogP contribution in [0.3, 0.4) is 0 Å². The fraction of sp³-hybridized carbons (Fsp3) is 0.176. The molecule has 0 bridgehead atoms. The summed E-state index contributed by atoms with van der Waals surface area (Å²) in [7, 11) is 1.31. The van der Waals surface area contributed by atoms with E-state index in [-0.39, 0.29) is 5.91 Å². The number of para-hydroxylation sites is 1. The van der Waals surface area contributed by atoms with Gasteiger partial charge in [-0.05, 0) is 26.0 Å². The van der Waals surface area contributed by atoms with Gasteiger partial charge < -0.3 is 4.74 Å². The summed E-state index contributed by atoms with van der Waals surface area (Å²) >= 11 is 1.08. The molecule has 0 radical (unpaired) electrons. The average Bonchev–Trinajstić information content (AvgIpc) is 3.17. The lowest BCUT2D eigenvalue weighted by molar-refractivity contribution is 0.0605. The summed E-state index contributed by atoms with van der Waals surface area (Å²) in [4.78, 5) is 28.7. The van der Waals surface area contributed by atoms with Crippen LogP contribution in [0.1, 0.15) is 31.4 Å². The van der Waals surface area contributed by atoms with Gasteiger partial charge in [-0.1, -0.05) is 29.5 Å². The van der Waals surface area contributed by atoms with Crippen LogP contribution in [0.4, 0.5) is 5.13 Å². The minimum Gasteiger partial charge on any atom is -0.465 e. The summed E-state index contributed by atoms with van der Waals surface area (Å²) < 4.78 is 6.39. The summed E-state index contributed by atoms with van der Waals surface area (Å²) in [6.45, 7) is 3.51. The molecule has 2 heterocycles. The number of amides is 1. The third-order valence-corrected chi connectivity index (χ3v) is 4.70. The Kier molecular flexibility index (Phi) is 4.62. The number of aryl methyl sites for hydroxylation is 1. The molecule has 1 amide bonds. The number of carbonyl (C=O) groups excluding carboxylic acids is 2. The van der Waals surface area contributed by atoms with Gasteiger partial charge in [-0.2, -0.15) is 5.10 Å². The average molecular weight is 356 g/mol. The number of nitrogens with one attached hydrogen (secondary N) is 1. The number of thiazole rings is 1. The molecular weight excluding hydrogens is 340 g/mol. The molecule has 1 aromatic carbocycles. The van der Waals surface area contributed by atoms with Crippen molar-refractivity contribution in [2.24, 2.45) is 0 Å². The van der Waals surface area contributed by atoms with Crippen LogP contribution in [0.25, 0.3) is 5.69 Å². The highest BCUT2D eigenvalue weighted by Crippen LogP contribution is 2.24. The normalized spacial score (nSPS) is 10.5. The third-order valence-electron chi connectivity index (χ3n) is 3.64. The zero-order valence-corrected chi connectivity index (χ0v) is 14.8. The molecule has 7 nitrogen and oxygen atoms in total. The van der Waals surface area contributed by atoms with Gasteiger partial charge in [0.15, 0.2) is 5.13 Å². The van der Waals surface area contributed by atoms with E-state index in [0.717, 1.165) is 17.0 Å². The van der Waals surface area contributed by atoms with Crippen LogP contribution >= 0.6 is 11.3 Å². The molecule has 1 N–H and O–H groups in total. The molecule has 3 aromatic rings. The van der Waals surface area contributed by atoms with Crippen LogP contribution in [0.15, 0.2) is 36.5 Å². The van der Waals surface area contributed by atoms with Crippen LogP contribution in [-0.4, -0.2) is 33.8 Å². The summed E-state index contributed by atoms with van der Waals surface area (Å²) in [5.41, 5.74) is 2.54. The van der Waals surface area contributed by atoms with Crippen LogP contribution in [0.5, 0.6) is 0 Å². The SMILES string of the molecule is COC(=O)c1sc(NC(=O)c2cnn(-c3ccccc3)c2C)nc1C. The standard InChI is InChI=1S/C17H16N4O3S/c1-10-14(16(23)24-3)25-17(19-10)20-15(22)13-9-18-21(11(13)2)12-7-5-4-6-8-12/h4-9H,1-3H3,(H,19,20,22). The molecule has 0 fully saturated rings. The van der Waals surface area contributed by atoms with Gasteiger partial charge in [-0.15, -0.1) is 0 Å². The van der Waals surface area contributed by atoms with Gasteiger partial charge in [0, 0.05) is 0 Å². The molecule has 0 aliphatic rings. The van der Waals surface area contributed by atoms with Gasteiger partial charge >= 0.3 is 5.97 Å². The van der Waals surface area contributed by atoms with Crippen molar-refractivity contribution >= 4 is 28.3 Å².